The summed E-state index contributed by atoms with van der Waals surface area (Å²) in [6.45, 7) is 10.2. The Labute approximate surface area is 182 Å². The minimum atomic E-state index is -0.872. The number of aliphatic imine (C=N–C) groups is 1. The SMILES string of the molecule is CCNC(=NCCCc1cc2c(OC)cc(OC)cc2[nH]1)NCCS(=O)C(C)(C)C. The summed E-state index contributed by atoms with van der Waals surface area (Å²) in [4.78, 5) is 8.09. The van der Waals surface area contributed by atoms with Crippen LogP contribution in [0.25, 0.3) is 10.9 Å². The van der Waals surface area contributed by atoms with Crippen molar-refractivity contribution in [3.8, 4) is 11.5 Å². The number of H-pyrrole nitrogens is 1. The number of benzene rings is 1. The minimum absolute atomic E-state index is 0.191. The van der Waals surface area contributed by atoms with Crippen LogP contribution in [0, 0.1) is 0 Å². The Morgan fingerprint density at radius 3 is 2.57 bits per heavy atom. The van der Waals surface area contributed by atoms with Gasteiger partial charge >= 0.3 is 0 Å². The van der Waals surface area contributed by atoms with Gasteiger partial charge in [-0.2, -0.15) is 0 Å². The van der Waals surface area contributed by atoms with Crippen LogP contribution >= 0.6 is 0 Å². The normalized spacial score (nSPS) is 13.3. The summed E-state index contributed by atoms with van der Waals surface area (Å²) < 4.78 is 22.8. The van der Waals surface area contributed by atoms with Gasteiger partial charge in [0.25, 0.3) is 0 Å². The molecule has 1 unspecified atom stereocenters. The molecule has 0 aliphatic heterocycles. The molecule has 3 N–H and O–H groups in total. The van der Waals surface area contributed by atoms with E-state index in [-0.39, 0.29) is 4.75 Å². The molecule has 0 spiro atoms. The molecule has 0 bridgehead atoms. The molecule has 2 rings (SSSR count). The van der Waals surface area contributed by atoms with Gasteiger partial charge in [0.2, 0.25) is 0 Å². The molecule has 2 aromatic rings. The van der Waals surface area contributed by atoms with Crippen LogP contribution in [-0.4, -0.2) is 59.5 Å². The Hall–Kier alpha value is -2.22. The third-order valence-corrected chi connectivity index (χ3v) is 6.61. The average Bonchev–Trinajstić information content (AvgIpc) is 3.12. The number of hydrogen-bond acceptors (Lipinski definition) is 4. The molecular weight excluding hydrogens is 400 g/mol. The van der Waals surface area contributed by atoms with Crippen LogP contribution in [0.2, 0.25) is 0 Å². The van der Waals surface area contributed by atoms with Gasteiger partial charge in [0, 0.05) is 64.1 Å². The number of methoxy groups -OCH3 is 2. The Kier molecular flexibility index (Phi) is 9.02. The van der Waals surface area contributed by atoms with Gasteiger partial charge in [-0.3, -0.25) is 9.20 Å². The van der Waals surface area contributed by atoms with Crippen molar-refractivity contribution in [2.45, 2.75) is 45.3 Å². The van der Waals surface area contributed by atoms with Crippen LogP contribution < -0.4 is 20.1 Å². The van der Waals surface area contributed by atoms with E-state index in [2.05, 4.69) is 26.7 Å². The highest BCUT2D eigenvalue weighted by atomic mass is 32.2. The van der Waals surface area contributed by atoms with Crippen LogP contribution in [0.3, 0.4) is 0 Å². The van der Waals surface area contributed by atoms with Crippen molar-refractivity contribution < 1.29 is 13.7 Å². The van der Waals surface area contributed by atoms with Gasteiger partial charge in [-0.05, 0) is 46.6 Å². The van der Waals surface area contributed by atoms with E-state index >= 15 is 0 Å². The lowest BCUT2D eigenvalue weighted by Crippen LogP contribution is -2.40. The summed E-state index contributed by atoms with van der Waals surface area (Å²) in [6, 6.07) is 6.00. The molecule has 0 amide bonds. The molecule has 30 heavy (non-hydrogen) atoms. The van der Waals surface area contributed by atoms with Gasteiger partial charge in [0.1, 0.15) is 11.5 Å². The number of hydrogen-bond donors (Lipinski definition) is 3. The van der Waals surface area contributed by atoms with E-state index in [1.807, 2.05) is 39.8 Å². The lowest BCUT2D eigenvalue weighted by molar-refractivity contribution is 0.398. The first-order chi connectivity index (χ1) is 14.3. The Morgan fingerprint density at radius 1 is 1.17 bits per heavy atom. The smallest absolute Gasteiger partial charge is 0.191 e. The summed E-state index contributed by atoms with van der Waals surface area (Å²) in [6.07, 6.45) is 1.80. The molecule has 7 nitrogen and oxygen atoms in total. The second kappa shape index (κ2) is 11.2. The number of aryl methyl sites for hydroxylation is 1. The van der Waals surface area contributed by atoms with E-state index in [4.69, 9.17) is 9.47 Å². The number of ether oxygens (including phenoxy) is 2. The fourth-order valence-electron chi connectivity index (χ4n) is 3.03. The first-order valence-corrected chi connectivity index (χ1v) is 11.7. The predicted molar refractivity (Wildman–Crippen MR) is 126 cm³/mol. The van der Waals surface area contributed by atoms with Crippen molar-refractivity contribution in [1.29, 1.82) is 0 Å². The van der Waals surface area contributed by atoms with Crippen molar-refractivity contribution in [2.24, 2.45) is 4.99 Å². The molecule has 168 valence electrons. The molecule has 1 heterocycles. The molecule has 0 aliphatic carbocycles. The van der Waals surface area contributed by atoms with Crippen molar-refractivity contribution in [3.05, 3.63) is 23.9 Å². The number of nitrogens with zero attached hydrogens (tertiary/aromatic N) is 1. The van der Waals surface area contributed by atoms with Crippen LogP contribution in [0.15, 0.2) is 23.2 Å². The second-order valence-corrected chi connectivity index (χ2v) is 10.4. The summed E-state index contributed by atoms with van der Waals surface area (Å²) in [5.74, 6) is 2.95. The Bertz CT molecular complexity index is 871. The van der Waals surface area contributed by atoms with Crippen LogP contribution in [0.1, 0.15) is 39.8 Å². The van der Waals surface area contributed by atoms with Crippen LogP contribution in [-0.2, 0) is 17.2 Å². The molecule has 1 aromatic heterocycles. The quantitative estimate of drug-likeness (QED) is 0.302. The third-order valence-electron chi connectivity index (χ3n) is 4.67. The average molecular weight is 437 g/mol. The van der Waals surface area contributed by atoms with Crippen LogP contribution in [0.4, 0.5) is 0 Å². The maximum Gasteiger partial charge on any atom is 0.191 e. The van der Waals surface area contributed by atoms with Crippen molar-refractivity contribution in [1.82, 2.24) is 15.6 Å². The first-order valence-electron chi connectivity index (χ1n) is 10.4. The number of nitrogens with one attached hydrogen (secondary N) is 3. The first kappa shape index (κ1) is 24.1. The highest BCUT2D eigenvalue weighted by Gasteiger charge is 2.18. The summed E-state index contributed by atoms with van der Waals surface area (Å²) in [7, 11) is 2.45. The number of guanidine groups is 1. The fraction of sp³-hybridized carbons (Fsp3) is 0.591. The van der Waals surface area contributed by atoms with Crippen LogP contribution in [0.5, 0.6) is 11.5 Å². The standard InChI is InChI=1S/C22H36N4O3S/c1-7-23-21(25-11-12-30(27)22(2,3)4)24-10-8-9-16-13-18-19(26-16)14-17(28-5)15-20(18)29-6/h13-15,26H,7-12H2,1-6H3,(H2,23,24,25). The molecular formula is C22H36N4O3S. The van der Waals surface area contributed by atoms with E-state index in [0.29, 0.717) is 18.8 Å². The van der Waals surface area contributed by atoms with Crippen molar-refractivity contribution in [3.63, 3.8) is 0 Å². The molecule has 0 radical (unpaired) electrons. The van der Waals surface area contributed by atoms with E-state index in [1.165, 1.54) is 0 Å². The van der Waals surface area contributed by atoms with E-state index in [0.717, 1.165) is 53.4 Å². The zero-order valence-electron chi connectivity index (χ0n) is 19.1. The van der Waals surface area contributed by atoms with Gasteiger partial charge in [0.05, 0.1) is 19.7 Å². The number of aromatic nitrogens is 1. The molecule has 8 heteroatoms. The molecule has 0 aliphatic rings. The molecule has 0 saturated carbocycles. The lowest BCUT2D eigenvalue weighted by Gasteiger charge is -2.18. The maximum absolute atomic E-state index is 12.2. The van der Waals surface area contributed by atoms with Gasteiger partial charge in [-0.1, -0.05) is 0 Å². The molecule has 1 atom stereocenters. The summed E-state index contributed by atoms with van der Waals surface area (Å²) in [5, 5.41) is 7.58. The third kappa shape index (κ3) is 6.93. The topological polar surface area (TPSA) is 87.7 Å². The van der Waals surface area contributed by atoms with Crippen molar-refractivity contribution >= 4 is 27.7 Å². The molecule has 1 aromatic carbocycles. The molecule has 0 fully saturated rings. The van der Waals surface area contributed by atoms with Gasteiger partial charge in [0.15, 0.2) is 5.96 Å². The van der Waals surface area contributed by atoms with Gasteiger partial charge < -0.3 is 25.1 Å². The monoisotopic (exact) mass is 436 g/mol. The van der Waals surface area contributed by atoms with Gasteiger partial charge in [-0.15, -0.1) is 0 Å². The largest absolute Gasteiger partial charge is 0.497 e. The van der Waals surface area contributed by atoms with E-state index < -0.39 is 10.8 Å². The second-order valence-electron chi connectivity index (χ2n) is 8.04. The minimum Gasteiger partial charge on any atom is -0.497 e. The summed E-state index contributed by atoms with van der Waals surface area (Å²) in [5.41, 5.74) is 2.15. The Morgan fingerprint density at radius 2 is 1.93 bits per heavy atom. The van der Waals surface area contributed by atoms with Gasteiger partial charge in [-0.25, -0.2) is 0 Å². The lowest BCUT2D eigenvalue weighted by atomic mass is 10.2. The predicted octanol–water partition coefficient (Wildman–Crippen LogP) is 3.22. The fourth-order valence-corrected chi connectivity index (χ4v) is 3.93. The molecule has 0 saturated heterocycles. The zero-order valence-corrected chi connectivity index (χ0v) is 19.9. The zero-order chi connectivity index (χ0) is 22.1. The van der Waals surface area contributed by atoms with E-state index in [1.54, 1.807) is 14.2 Å². The summed E-state index contributed by atoms with van der Waals surface area (Å²) >= 11 is 0. The number of rotatable bonds is 10. The highest BCUT2D eigenvalue weighted by molar-refractivity contribution is 7.86. The van der Waals surface area contributed by atoms with Crippen molar-refractivity contribution in [2.75, 3.05) is 39.6 Å². The number of aromatic amines is 1. The highest BCUT2D eigenvalue weighted by Crippen LogP contribution is 2.31. The maximum atomic E-state index is 12.2. The Balaban J connectivity index is 1.90. The van der Waals surface area contributed by atoms with E-state index in [9.17, 15) is 4.21 Å². The number of fused-ring (bicyclic) bond motifs is 1.